The van der Waals surface area contributed by atoms with Crippen LogP contribution in [0.25, 0.3) is 0 Å². The highest BCUT2D eigenvalue weighted by molar-refractivity contribution is 7.98. The predicted molar refractivity (Wildman–Crippen MR) is 194 cm³/mol. The van der Waals surface area contributed by atoms with Gasteiger partial charge < -0.3 is 15.0 Å². The zero-order valence-corrected chi connectivity index (χ0v) is 30.2. The summed E-state index contributed by atoms with van der Waals surface area (Å²) in [5.41, 5.74) is 1.29. The first-order valence-corrected chi connectivity index (χ1v) is 18.6. The molecule has 0 spiro atoms. The van der Waals surface area contributed by atoms with Gasteiger partial charge in [-0.2, -0.15) is 0 Å². The molecule has 1 atom stereocenters. The van der Waals surface area contributed by atoms with Crippen molar-refractivity contribution in [2.75, 3.05) is 23.7 Å². The molecule has 1 N–H and O–H groups in total. The Morgan fingerprint density at radius 2 is 1.50 bits per heavy atom. The van der Waals surface area contributed by atoms with Gasteiger partial charge in [0.25, 0.3) is 10.0 Å². The van der Waals surface area contributed by atoms with Crippen LogP contribution in [0.2, 0.25) is 5.02 Å². The third-order valence-electron chi connectivity index (χ3n) is 7.40. The molecule has 0 aromatic heterocycles. The van der Waals surface area contributed by atoms with E-state index in [1.165, 1.54) is 28.8 Å². The van der Waals surface area contributed by atoms with Crippen molar-refractivity contribution in [3.8, 4) is 5.75 Å². The number of carbonyl (C=O) groups excluding carboxylic acids is 2. The molecule has 0 fully saturated rings. The number of benzene rings is 4. The van der Waals surface area contributed by atoms with Crippen molar-refractivity contribution >= 4 is 50.9 Å². The summed E-state index contributed by atoms with van der Waals surface area (Å²) in [6.07, 6.45) is 2.12. The normalized spacial score (nSPS) is 12.2. The van der Waals surface area contributed by atoms with Gasteiger partial charge in [-0.25, -0.2) is 8.42 Å². The van der Waals surface area contributed by atoms with Gasteiger partial charge in [-0.05, 0) is 106 Å². The first-order chi connectivity index (χ1) is 22.8. The summed E-state index contributed by atoms with van der Waals surface area (Å²) in [6, 6.07) is 28.6. The van der Waals surface area contributed by atoms with Gasteiger partial charge in [0.2, 0.25) is 11.8 Å². The molecule has 8 nitrogen and oxygen atoms in total. The zero-order valence-electron chi connectivity index (χ0n) is 27.9. The minimum absolute atomic E-state index is 0.0394. The van der Waals surface area contributed by atoms with E-state index in [-0.39, 0.29) is 29.5 Å². The third kappa shape index (κ3) is 10.0. The number of ether oxygens (including phenoxy) is 1. The Kier molecular flexibility index (Phi) is 12.6. The number of halogens is 1. The summed E-state index contributed by atoms with van der Waals surface area (Å²) in [7, 11) is -4.23. The van der Waals surface area contributed by atoms with Crippen LogP contribution in [0.1, 0.15) is 38.8 Å². The summed E-state index contributed by atoms with van der Waals surface area (Å²) in [6.45, 7) is 7.42. The van der Waals surface area contributed by atoms with E-state index in [0.717, 1.165) is 20.3 Å². The Hall–Kier alpha value is -3.99. The molecular formula is C37H42ClN3O5S2. The van der Waals surface area contributed by atoms with Gasteiger partial charge in [0.1, 0.15) is 18.3 Å². The summed E-state index contributed by atoms with van der Waals surface area (Å²) < 4.78 is 35.3. The average molecular weight is 708 g/mol. The van der Waals surface area contributed by atoms with E-state index in [9.17, 15) is 18.0 Å². The second-order valence-corrected chi connectivity index (χ2v) is 15.4. The van der Waals surface area contributed by atoms with Gasteiger partial charge in [-0.15, -0.1) is 11.8 Å². The van der Waals surface area contributed by atoms with Gasteiger partial charge in [0.05, 0.1) is 17.2 Å². The lowest BCUT2D eigenvalue weighted by Gasteiger charge is -2.35. The molecule has 0 aliphatic carbocycles. The molecule has 0 saturated heterocycles. The lowest BCUT2D eigenvalue weighted by molar-refractivity contribution is -0.140. The second kappa shape index (κ2) is 16.4. The number of nitrogens with zero attached hydrogens (tertiary/aromatic N) is 2. The number of amides is 2. The predicted octanol–water partition coefficient (Wildman–Crippen LogP) is 7.21. The fourth-order valence-corrected chi connectivity index (χ4v) is 7.02. The minimum atomic E-state index is -4.23. The third-order valence-corrected chi connectivity index (χ3v) is 10.2. The standard InChI is InChI=1S/C37H42ClN3O5S2/c1-6-46-31-18-16-30(17-19-31)41(48(44,45)33-22-20-32(47-5)21-23-33)26-35(42)40(25-28-12-14-29(38)15-13-28)34(36(43)39-37(2,3)4)24-27-10-8-7-9-11-27/h7-23,34H,6,24-26H2,1-5H3,(H,39,43)/t34-/m0/s1. The number of sulfonamides is 1. The Bertz CT molecular complexity index is 1760. The number of hydrogen-bond acceptors (Lipinski definition) is 6. The maximum atomic E-state index is 14.6. The fraction of sp³-hybridized carbons (Fsp3) is 0.297. The Morgan fingerprint density at radius 3 is 2.06 bits per heavy atom. The van der Waals surface area contributed by atoms with E-state index in [0.29, 0.717) is 17.4 Å². The summed E-state index contributed by atoms with van der Waals surface area (Å²) in [4.78, 5) is 31.1. The Labute approximate surface area is 293 Å². The number of anilines is 1. The molecule has 0 heterocycles. The van der Waals surface area contributed by atoms with E-state index in [4.69, 9.17) is 16.3 Å². The lowest BCUT2D eigenvalue weighted by Crippen LogP contribution is -2.56. The maximum Gasteiger partial charge on any atom is 0.264 e. The number of rotatable bonds is 14. The molecule has 0 aliphatic rings. The van der Waals surface area contributed by atoms with Gasteiger partial charge in [-0.1, -0.05) is 54.1 Å². The summed E-state index contributed by atoms with van der Waals surface area (Å²) in [5.74, 6) is -0.328. The van der Waals surface area contributed by atoms with Crippen molar-refractivity contribution in [3.63, 3.8) is 0 Å². The molecule has 0 bridgehead atoms. The molecule has 0 unspecified atom stereocenters. The molecule has 4 aromatic carbocycles. The molecule has 4 aromatic rings. The maximum absolute atomic E-state index is 14.6. The van der Waals surface area contributed by atoms with E-state index in [2.05, 4.69) is 5.32 Å². The van der Waals surface area contributed by atoms with Crippen LogP contribution in [-0.4, -0.2) is 56.1 Å². The molecule has 48 heavy (non-hydrogen) atoms. The monoisotopic (exact) mass is 707 g/mol. The first-order valence-electron chi connectivity index (χ1n) is 15.6. The van der Waals surface area contributed by atoms with E-state index in [1.807, 2.05) is 64.3 Å². The van der Waals surface area contributed by atoms with Crippen LogP contribution in [0.15, 0.2) is 113 Å². The SMILES string of the molecule is CCOc1ccc(N(CC(=O)N(Cc2ccc(Cl)cc2)[C@@H](Cc2ccccc2)C(=O)NC(C)(C)C)S(=O)(=O)c2ccc(SC)cc2)cc1. The van der Waals surface area contributed by atoms with Crippen LogP contribution < -0.4 is 14.4 Å². The smallest absolute Gasteiger partial charge is 0.264 e. The van der Waals surface area contributed by atoms with Crippen LogP contribution >= 0.6 is 23.4 Å². The lowest BCUT2D eigenvalue weighted by atomic mass is 10.0. The van der Waals surface area contributed by atoms with Crippen LogP contribution in [-0.2, 0) is 32.6 Å². The second-order valence-electron chi connectivity index (χ2n) is 12.2. The van der Waals surface area contributed by atoms with E-state index < -0.39 is 34.1 Å². The van der Waals surface area contributed by atoms with Crippen LogP contribution in [0.4, 0.5) is 5.69 Å². The molecule has 0 aliphatic heterocycles. The summed E-state index contributed by atoms with van der Waals surface area (Å²) in [5, 5.41) is 3.57. The highest BCUT2D eigenvalue weighted by Crippen LogP contribution is 2.28. The average Bonchev–Trinajstić information content (AvgIpc) is 3.06. The van der Waals surface area contributed by atoms with Gasteiger partial charge in [0, 0.05) is 28.4 Å². The van der Waals surface area contributed by atoms with E-state index >= 15 is 0 Å². The van der Waals surface area contributed by atoms with Crippen molar-refractivity contribution in [2.45, 2.75) is 62.0 Å². The topological polar surface area (TPSA) is 96.0 Å². The molecule has 0 radical (unpaired) electrons. The molecule has 4 rings (SSSR count). The van der Waals surface area contributed by atoms with Crippen molar-refractivity contribution in [2.24, 2.45) is 0 Å². The highest BCUT2D eigenvalue weighted by atomic mass is 35.5. The van der Waals surface area contributed by atoms with Gasteiger partial charge in [-0.3, -0.25) is 13.9 Å². The number of hydrogen-bond donors (Lipinski definition) is 1. The van der Waals surface area contributed by atoms with Crippen molar-refractivity contribution in [1.29, 1.82) is 0 Å². The zero-order chi connectivity index (χ0) is 34.9. The molecule has 2 amide bonds. The number of carbonyl (C=O) groups is 2. The summed E-state index contributed by atoms with van der Waals surface area (Å²) >= 11 is 7.67. The minimum Gasteiger partial charge on any atom is -0.494 e. The quantitative estimate of drug-likeness (QED) is 0.139. The molecule has 254 valence electrons. The van der Waals surface area contributed by atoms with Gasteiger partial charge >= 0.3 is 0 Å². The van der Waals surface area contributed by atoms with Crippen molar-refractivity contribution in [1.82, 2.24) is 10.2 Å². The fourth-order valence-electron chi connectivity index (χ4n) is 5.07. The van der Waals surface area contributed by atoms with Crippen LogP contribution in [0, 0.1) is 0 Å². The Balaban J connectivity index is 1.81. The van der Waals surface area contributed by atoms with Gasteiger partial charge in [0.15, 0.2) is 0 Å². The van der Waals surface area contributed by atoms with Crippen LogP contribution in [0.3, 0.4) is 0 Å². The van der Waals surface area contributed by atoms with Crippen LogP contribution in [0.5, 0.6) is 5.75 Å². The number of thioether (sulfide) groups is 1. The van der Waals surface area contributed by atoms with E-state index in [1.54, 1.807) is 60.7 Å². The largest absolute Gasteiger partial charge is 0.494 e. The number of nitrogens with one attached hydrogen (secondary N) is 1. The Morgan fingerprint density at radius 1 is 0.875 bits per heavy atom. The first kappa shape index (κ1) is 36.8. The van der Waals surface area contributed by atoms with Crippen molar-refractivity contribution in [3.05, 3.63) is 119 Å². The molecule has 11 heteroatoms. The highest BCUT2D eigenvalue weighted by Gasteiger charge is 2.35. The molecule has 0 saturated carbocycles. The van der Waals surface area contributed by atoms with Crippen molar-refractivity contribution < 1.29 is 22.7 Å². The molecular weight excluding hydrogens is 666 g/mol.